The Morgan fingerprint density at radius 2 is 1.61 bits per heavy atom. The minimum atomic E-state index is -0.135. The number of morpholine rings is 1. The van der Waals surface area contributed by atoms with Crippen LogP contribution in [0.25, 0.3) is 0 Å². The molecule has 0 spiro atoms. The van der Waals surface area contributed by atoms with Crippen molar-refractivity contribution in [1.29, 1.82) is 0 Å². The van der Waals surface area contributed by atoms with E-state index in [1.54, 1.807) is 24.1 Å². The van der Waals surface area contributed by atoms with Gasteiger partial charge in [0.15, 0.2) is 0 Å². The van der Waals surface area contributed by atoms with Crippen LogP contribution in [0.4, 0.5) is 5.69 Å². The van der Waals surface area contributed by atoms with Gasteiger partial charge in [-0.25, -0.2) is 0 Å². The molecule has 2 fully saturated rings. The number of amides is 3. The van der Waals surface area contributed by atoms with Crippen molar-refractivity contribution < 1.29 is 19.1 Å². The summed E-state index contributed by atoms with van der Waals surface area (Å²) in [5.74, 6) is -0.343. The monoisotopic (exact) mass is 421 g/mol. The molecule has 0 radical (unpaired) electrons. The van der Waals surface area contributed by atoms with Crippen molar-refractivity contribution in [2.24, 2.45) is 0 Å². The summed E-state index contributed by atoms with van der Waals surface area (Å²) >= 11 is 0. The van der Waals surface area contributed by atoms with Crippen molar-refractivity contribution in [3.8, 4) is 0 Å². The third kappa shape index (κ3) is 4.77. The number of likely N-dealkylation sites (tertiary alicyclic amines) is 1. The second-order valence-corrected chi connectivity index (χ2v) is 7.96. The highest BCUT2D eigenvalue weighted by atomic mass is 16.5. The zero-order valence-electron chi connectivity index (χ0n) is 17.8. The average molecular weight is 421 g/mol. The maximum atomic E-state index is 13.0. The Balaban J connectivity index is 1.42. The second kappa shape index (κ2) is 9.31. The highest BCUT2D eigenvalue weighted by Gasteiger charge is 2.28. The van der Waals surface area contributed by atoms with E-state index in [0.29, 0.717) is 25.3 Å². The fourth-order valence-electron chi connectivity index (χ4n) is 4.04. The molecule has 2 aliphatic heterocycles. The SMILES string of the molecule is CN(Cc1ccccc1N1CCOCC1)C(=O)c1ccc(CN2C(=O)CCC2=O)cc1. The summed E-state index contributed by atoms with van der Waals surface area (Å²) < 4.78 is 5.45. The second-order valence-electron chi connectivity index (χ2n) is 7.96. The van der Waals surface area contributed by atoms with Crippen molar-refractivity contribution in [3.05, 3.63) is 65.2 Å². The number of hydrogen-bond donors (Lipinski definition) is 0. The molecule has 2 aliphatic rings. The number of benzene rings is 2. The van der Waals surface area contributed by atoms with Gasteiger partial charge >= 0.3 is 0 Å². The van der Waals surface area contributed by atoms with Gasteiger partial charge in [0, 0.05) is 50.8 Å². The van der Waals surface area contributed by atoms with Gasteiger partial charge in [-0.15, -0.1) is 0 Å². The summed E-state index contributed by atoms with van der Waals surface area (Å²) in [7, 11) is 1.80. The van der Waals surface area contributed by atoms with Crippen molar-refractivity contribution >= 4 is 23.4 Å². The Hall–Kier alpha value is -3.19. The molecule has 0 unspecified atom stereocenters. The van der Waals surface area contributed by atoms with Gasteiger partial charge in [0.05, 0.1) is 19.8 Å². The lowest BCUT2D eigenvalue weighted by Gasteiger charge is -2.31. The lowest BCUT2D eigenvalue weighted by atomic mass is 10.1. The molecule has 0 atom stereocenters. The maximum Gasteiger partial charge on any atom is 0.253 e. The number of hydrogen-bond acceptors (Lipinski definition) is 5. The first kappa shape index (κ1) is 21.1. The maximum absolute atomic E-state index is 13.0. The summed E-state index contributed by atoms with van der Waals surface area (Å²) in [6, 6.07) is 15.3. The Morgan fingerprint density at radius 1 is 0.968 bits per heavy atom. The number of carbonyl (C=O) groups excluding carboxylic acids is 3. The molecule has 0 bridgehead atoms. The predicted octanol–water partition coefficient (Wildman–Crippen LogP) is 2.44. The van der Waals surface area contributed by atoms with Crippen LogP contribution >= 0.6 is 0 Å². The lowest BCUT2D eigenvalue weighted by molar-refractivity contribution is -0.139. The van der Waals surface area contributed by atoms with Crippen LogP contribution in [-0.2, 0) is 27.4 Å². The van der Waals surface area contributed by atoms with Gasteiger partial charge in [-0.05, 0) is 29.3 Å². The Bertz CT molecular complexity index is 951. The van der Waals surface area contributed by atoms with Gasteiger partial charge < -0.3 is 14.5 Å². The fourth-order valence-corrected chi connectivity index (χ4v) is 4.04. The van der Waals surface area contributed by atoms with E-state index in [4.69, 9.17) is 4.74 Å². The van der Waals surface area contributed by atoms with E-state index in [1.165, 1.54) is 4.90 Å². The number of para-hydroxylation sites is 1. The molecule has 0 aliphatic carbocycles. The molecule has 162 valence electrons. The van der Waals surface area contributed by atoms with Gasteiger partial charge in [-0.1, -0.05) is 30.3 Å². The first-order valence-corrected chi connectivity index (χ1v) is 10.6. The topological polar surface area (TPSA) is 70.2 Å². The van der Waals surface area contributed by atoms with E-state index in [-0.39, 0.29) is 37.1 Å². The van der Waals surface area contributed by atoms with Crippen LogP contribution in [0.1, 0.15) is 34.3 Å². The third-order valence-electron chi connectivity index (χ3n) is 5.79. The van der Waals surface area contributed by atoms with Crippen LogP contribution in [-0.4, -0.2) is 60.9 Å². The number of rotatable bonds is 6. The highest BCUT2D eigenvalue weighted by Crippen LogP contribution is 2.23. The van der Waals surface area contributed by atoms with E-state index < -0.39 is 0 Å². The summed E-state index contributed by atoms with van der Waals surface area (Å²) in [5, 5.41) is 0. The molecule has 0 saturated carbocycles. The highest BCUT2D eigenvalue weighted by molar-refractivity contribution is 6.01. The largest absolute Gasteiger partial charge is 0.378 e. The molecular formula is C24H27N3O4. The van der Waals surface area contributed by atoms with Crippen LogP contribution in [0.15, 0.2) is 48.5 Å². The van der Waals surface area contributed by atoms with Gasteiger partial charge in [-0.3, -0.25) is 19.3 Å². The first-order chi connectivity index (χ1) is 15.0. The van der Waals surface area contributed by atoms with E-state index >= 15 is 0 Å². The van der Waals surface area contributed by atoms with Crippen molar-refractivity contribution in [1.82, 2.24) is 9.80 Å². The smallest absolute Gasteiger partial charge is 0.253 e. The van der Waals surface area contributed by atoms with Crippen LogP contribution in [0.5, 0.6) is 0 Å². The zero-order chi connectivity index (χ0) is 21.8. The Kier molecular flexibility index (Phi) is 6.32. The Morgan fingerprint density at radius 3 is 2.29 bits per heavy atom. The predicted molar refractivity (Wildman–Crippen MR) is 117 cm³/mol. The lowest BCUT2D eigenvalue weighted by Crippen LogP contribution is -2.37. The normalized spacial score (nSPS) is 16.7. The molecule has 7 heteroatoms. The van der Waals surface area contributed by atoms with Crippen LogP contribution in [0.3, 0.4) is 0 Å². The minimum Gasteiger partial charge on any atom is -0.378 e. The van der Waals surface area contributed by atoms with Gasteiger partial charge in [-0.2, -0.15) is 0 Å². The van der Waals surface area contributed by atoms with Gasteiger partial charge in [0.25, 0.3) is 5.91 Å². The number of imide groups is 1. The molecule has 2 aromatic carbocycles. The minimum absolute atomic E-state index is 0.0725. The third-order valence-corrected chi connectivity index (χ3v) is 5.79. The number of nitrogens with zero attached hydrogens (tertiary/aromatic N) is 3. The Labute approximate surface area is 182 Å². The molecule has 2 saturated heterocycles. The van der Waals surface area contributed by atoms with Crippen LogP contribution in [0.2, 0.25) is 0 Å². The molecule has 2 aromatic rings. The quantitative estimate of drug-likeness (QED) is 0.670. The first-order valence-electron chi connectivity index (χ1n) is 10.6. The standard InChI is InChI=1S/C24H27N3O4/c1-25(17-20-4-2-3-5-21(20)26-12-14-31-15-13-26)24(30)19-8-6-18(7-9-19)16-27-22(28)10-11-23(27)29/h2-9H,10-17H2,1H3. The van der Waals surface area contributed by atoms with Crippen molar-refractivity contribution in [2.75, 3.05) is 38.3 Å². The zero-order valence-corrected chi connectivity index (χ0v) is 17.8. The fraction of sp³-hybridized carbons (Fsp3) is 0.375. The summed E-state index contributed by atoms with van der Waals surface area (Å²) in [6.07, 6.45) is 0.568. The van der Waals surface area contributed by atoms with E-state index in [1.807, 2.05) is 24.3 Å². The summed E-state index contributed by atoms with van der Waals surface area (Å²) in [6.45, 7) is 3.88. The molecule has 2 heterocycles. The molecule has 3 amide bonds. The van der Waals surface area contributed by atoms with Crippen LogP contribution < -0.4 is 4.90 Å². The van der Waals surface area contributed by atoms with E-state index in [2.05, 4.69) is 17.0 Å². The molecule has 7 nitrogen and oxygen atoms in total. The summed E-state index contributed by atoms with van der Waals surface area (Å²) in [5.41, 5.74) is 3.65. The number of carbonyl (C=O) groups is 3. The molecule has 0 aromatic heterocycles. The summed E-state index contributed by atoms with van der Waals surface area (Å²) in [4.78, 5) is 41.9. The van der Waals surface area contributed by atoms with E-state index in [0.717, 1.165) is 29.9 Å². The van der Waals surface area contributed by atoms with Gasteiger partial charge in [0.1, 0.15) is 0 Å². The number of ether oxygens (including phenoxy) is 1. The molecule has 0 N–H and O–H groups in total. The van der Waals surface area contributed by atoms with Crippen molar-refractivity contribution in [3.63, 3.8) is 0 Å². The van der Waals surface area contributed by atoms with Crippen molar-refractivity contribution in [2.45, 2.75) is 25.9 Å². The van der Waals surface area contributed by atoms with Gasteiger partial charge in [0.2, 0.25) is 11.8 Å². The molecule has 31 heavy (non-hydrogen) atoms. The molecular weight excluding hydrogens is 394 g/mol. The van der Waals surface area contributed by atoms with E-state index in [9.17, 15) is 14.4 Å². The molecule has 4 rings (SSSR count). The van der Waals surface area contributed by atoms with Crippen LogP contribution in [0, 0.1) is 0 Å². The average Bonchev–Trinajstić information content (AvgIpc) is 3.12. The number of anilines is 1.